The highest BCUT2D eigenvalue weighted by molar-refractivity contribution is 5.81. The van der Waals surface area contributed by atoms with Gasteiger partial charge in [0.05, 0.1) is 11.4 Å². The summed E-state index contributed by atoms with van der Waals surface area (Å²) in [6.45, 7) is 13.3. The van der Waals surface area contributed by atoms with E-state index in [-0.39, 0.29) is 0 Å². The molecule has 1 aliphatic heterocycles. The molecule has 0 fully saturated rings. The van der Waals surface area contributed by atoms with Gasteiger partial charge in [0.15, 0.2) is 0 Å². The highest BCUT2D eigenvalue weighted by atomic mass is 15.5. The number of aliphatic imine (C=N–C) groups is 1. The van der Waals surface area contributed by atoms with Crippen LogP contribution in [0.4, 0.5) is 0 Å². The van der Waals surface area contributed by atoms with Crippen LogP contribution in [0.15, 0.2) is 29.5 Å². The first-order valence-electron chi connectivity index (χ1n) is 4.05. The van der Waals surface area contributed by atoms with Crippen molar-refractivity contribution in [2.45, 2.75) is 20.8 Å². The van der Waals surface area contributed by atoms with Crippen LogP contribution in [-0.4, -0.2) is 17.9 Å². The van der Waals surface area contributed by atoms with Gasteiger partial charge in [-0.2, -0.15) is 0 Å². The molecule has 0 bridgehead atoms. The Kier molecular flexibility index (Phi) is 4.11. The Labute approximate surface area is 74.5 Å². The highest BCUT2D eigenvalue weighted by Gasteiger charge is 2.09. The molecule has 0 unspecified atom stereocenters. The highest BCUT2D eigenvalue weighted by Crippen LogP contribution is 2.09. The second-order valence-electron chi connectivity index (χ2n) is 2.26. The number of nitrogens with zero attached hydrogens (tertiary/aromatic N) is 2. The van der Waals surface area contributed by atoms with Gasteiger partial charge in [0.25, 0.3) is 0 Å². The summed E-state index contributed by atoms with van der Waals surface area (Å²) in [5.41, 5.74) is 4.45. The average molecular weight is 167 g/mol. The van der Waals surface area contributed by atoms with Crippen LogP contribution >= 0.6 is 0 Å². The average Bonchev–Trinajstić information content (AvgIpc) is 2.05. The zero-order valence-corrected chi connectivity index (χ0v) is 8.31. The third kappa shape index (κ3) is 2.42. The molecule has 12 heavy (non-hydrogen) atoms. The number of rotatable bonds is 0. The molecule has 3 heteroatoms. The molecule has 0 amide bonds. The Bertz CT molecular complexity index is 216. The Hall–Kier alpha value is -1.25. The zero-order valence-electron chi connectivity index (χ0n) is 8.31. The molecule has 1 rings (SSSR count). The van der Waals surface area contributed by atoms with Gasteiger partial charge < -0.3 is 0 Å². The fraction of sp³-hybridized carbons (Fsp3) is 0.444. The minimum Gasteiger partial charge on any atom is -0.296 e. The molecule has 1 N–H and O–H groups in total. The van der Waals surface area contributed by atoms with Crippen LogP contribution in [0.5, 0.6) is 0 Å². The first-order valence-corrected chi connectivity index (χ1v) is 4.05. The first-order chi connectivity index (χ1) is 5.61. The number of hydrazine groups is 1. The van der Waals surface area contributed by atoms with Crippen molar-refractivity contribution in [2.24, 2.45) is 4.99 Å². The largest absolute Gasteiger partial charge is 0.296 e. The van der Waals surface area contributed by atoms with E-state index in [2.05, 4.69) is 23.6 Å². The van der Waals surface area contributed by atoms with Gasteiger partial charge in [-0.25, -0.2) is 4.99 Å². The van der Waals surface area contributed by atoms with Crippen molar-refractivity contribution in [3.63, 3.8) is 0 Å². The van der Waals surface area contributed by atoms with Crippen LogP contribution in [0.25, 0.3) is 0 Å². The normalized spacial score (nSPS) is 16.0. The van der Waals surface area contributed by atoms with Crippen LogP contribution in [0.2, 0.25) is 0 Å². The summed E-state index contributed by atoms with van der Waals surface area (Å²) in [5.74, 6) is 0.900. The minimum absolute atomic E-state index is 0.704. The number of hydrogen-bond donors (Lipinski definition) is 1. The summed E-state index contributed by atoms with van der Waals surface area (Å²) < 4.78 is 0. The Morgan fingerprint density at radius 2 is 1.83 bits per heavy atom. The third-order valence-electron chi connectivity index (χ3n) is 1.43. The van der Waals surface area contributed by atoms with Crippen molar-refractivity contribution in [1.82, 2.24) is 10.4 Å². The molecule has 3 nitrogen and oxygen atoms in total. The maximum Gasteiger partial charge on any atom is 0.120 e. The molecule has 0 radical (unpaired) electrons. The predicted octanol–water partition coefficient (Wildman–Crippen LogP) is 1.91. The van der Waals surface area contributed by atoms with E-state index in [1.54, 1.807) is 5.01 Å². The summed E-state index contributed by atoms with van der Waals surface area (Å²) in [7, 11) is 1.89. The van der Waals surface area contributed by atoms with Crippen LogP contribution < -0.4 is 5.43 Å². The summed E-state index contributed by atoms with van der Waals surface area (Å²) in [4.78, 5) is 4.13. The molecule has 0 aliphatic carbocycles. The van der Waals surface area contributed by atoms with Gasteiger partial charge in [-0.1, -0.05) is 27.0 Å². The molecular formula is C9H17N3. The molecular weight excluding hydrogens is 150 g/mol. The van der Waals surface area contributed by atoms with Crippen molar-refractivity contribution in [3.8, 4) is 0 Å². The van der Waals surface area contributed by atoms with Crippen LogP contribution in [0.3, 0.4) is 0 Å². The number of amidine groups is 1. The van der Waals surface area contributed by atoms with Gasteiger partial charge in [0, 0.05) is 7.05 Å². The zero-order chi connectivity index (χ0) is 9.72. The molecule has 0 aromatic heterocycles. The number of nitrogens with one attached hydrogen (secondary N) is 1. The van der Waals surface area contributed by atoms with Crippen LogP contribution in [-0.2, 0) is 0 Å². The van der Waals surface area contributed by atoms with Gasteiger partial charge in [0.1, 0.15) is 5.84 Å². The van der Waals surface area contributed by atoms with Crippen molar-refractivity contribution >= 4 is 5.84 Å². The first kappa shape index (κ1) is 10.8. The second kappa shape index (κ2) is 4.59. The lowest BCUT2D eigenvalue weighted by molar-refractivity contribution is 0.404. The SMILES string of the molecule is C=C1N=C(C)N(C)NC1=C.CC. The lowest BCUT2D eigenvalue weighted by Crippen LogP contribution is -2.40. The maximum absolute atomic E-state index is 4.13. The molecule has 1 aliphatic rings. The van der Waals surface area contributed by atoms with Gasteiger partial charge in [0.2, 0.25) is 0 Å². The number of hydrogen-bond acceptors (Lipinski definition) is 3. The summed E-state index contributed by atoms with van der Waals surface area (Å²) >= 11 is 0. The molecule has 0 spiro atoms. The van der Waals surface area contributed by atoms with Gasteiger partial charge in [-0.15, -0.1) is 0 Å². The third-order valence-corrected chi connectivity index (χ3v) is 1.43. The standard InChI is InChI=1S/C7H11N3.C2H6/c1-5-6(2)9-10(4)7(3)8-5;1-2/h9H,1-2H2,3-4H3;1-2H3. The van der Waals surface area contributed by atoms with E-state index in [4.69, 9.17) is 0 Å². The van der Waals surface area contributed by atoms with Crippen LogP contribution in [0, 0.1) is 0 Å². The van der Waals surface area contributed by atoms with Crippen molar-refractivity contribution in [3.05, 3.63) is 24.6 Å². The summed E-state index contributed by atoms with van der Waals surface area (Å²) in [6, 6.07) is 0. The lowest BCUT2D eigenvalue weighted by atomic mass is 10.3. The van der Waals surface area contributed by atoms with Crippen molar-refractivity contribution < 1.29 is 0 Å². The minimum atomic E-state index is 0.704. The fourth-order valence-corrected chi connectivity index (χ4v) is 0.686. The van der Waals surface area contributed by atoms with Crippen molar-refractivity contribution in [2.75, 3.05) is 7.05 Å². The van der Waals surface area contributed by atoms with E-state index in [9.17, 15) is 0 Å². The molecule has 0 aromatic carbocycles. The quantitative estimate of drug-likeness (QED) is 0.596. The van der Waals surface area contributed by atoms with Gasteiger partial charge in [-0.3, -0.25) is 10.4 Å². The second-order valence-corrected chi connectivity index (χ2v) is 2.26. The lowest BCUT2D eigenvalue weighted by Gasteiger charge is -2.26. The Morgan fingerprint density at radius 3 is 2.25 bits per heavy atom. The molecule has 68 valence electrons. The predicted molar refractivity (Wildman–Crippen MR) is 53.6 cm³/mol. The van der Waals surface area contributed by atoms with Crippen molar-refractivity contribution in [1.29, 1.82) is 0 Å². The summed E-state index contributed by atoms with van der Waals surface area (Å²) in [6.07, 6.45) is 0. The Morgan fingerprint density at radius 1 is 1.33 bits per heavy atom. The van der Waals surface area contributed by atoms with Crippen LogP contribution in [0.1, 0.15) is 20.8 Å². The van der Waals surface area contributed by atoms with E-state index in [1.165, 1.54) is 0 Å². The van der Waals surface area contributed by atoms with E-state index >= 15 is 0 Å². The summed E-state index contributed by atoms with van der Waals surface area (Å²) in [5, 5.41) is 1.80. The molecule has 1 heterocycles. The topological polar surface area (TPSA) is 27.6 Å². The van der Waals surface area contributed by atoms with Gasteiger partial charge in [-0.05, 0) is 6.92 Å². The van der Waals surface area contributed by atoms with Gasteiger partial charge >= 0.3 is 0 Å². The van der Waals surface area contributed by atoms with E-state index in [0.29, 0.717) is 5.70 Å². The van der Waals surface area contributed by atoms with E-state index < -0.39 is 0 Å². The molecule has 0 saturated carbocycles. The molecule has 0 atom stereocenters. The maximum atomic E-state index is 4.13. The molecule has 0 saturated heterocycles. The van der Waals surface area contributed by atoms with E-state index in [0.717, 1.165) is 11.5 Å². The smallest absolute Gasteiger partial charge is 0.120 e. The van der Waals surface area contributed by atoms with E-state index in [1.807, 2.05) is 27.8 Å². The monoisotopic (exact) mass is 167 g/mol. The Balaban J connectivity index is 0.000000561. The molecule has 0 aromatic rings. The fourth-order valence-electron chi connectivity index (χ4n) is 0.686.